The Labute approximate surface area is 198 Å². The number of nitrogens with one attached hydrogen (secondary N) is 2. The SMILES string of the molecule is CNC(=O)c1cccc(NC(=O)CSc2nnc(-c3ccccc3F)n2-c2ccc(F)cc2)c1. The molecule has 2 N–H and O–H groups in total. The Morgan fingerprint density at radius 3 is 2.47 bits per heavy atom. The predicted octanol–water partition coefficient (Wildman–Crippen LogP) is 4.30. The van der Waals surface area contributed by atoms with Crippen LogP contribution in [0.25, 0.3) is 17.1 Å². The van der Waals surface area contributed by atoms with E-state index in [9.17, 15) is 18.4 Å². The smallest absolute Gasteiger partial charge is 0.251 e. The van der Waals surface area contributed by atoms with Gasteiger partial charge in [-0.2, -0.15) is 0 Å². The standard InChI is InChI=1S/C24H19F2N5O2S/c1-27-23(33)15-5-4-6-17(13-15)28-21(32)14-34-24-30-29-22(19-7-2-3-8-20(19)26)31(24)18-11-9-16(25)10-12-18/h2-13H,14H2,1H3,(H,27,33)(H,28,32). The molecule has 0 aliphatic carbocycles. The molecule has 0 aliphatic rings. The number of carbonyl (C=O) groups is 2. The van der Waals surface area contributed by atoms with Gasteiger partial charge in [0, 0.05) is 24.0 Å². The summed E-state index contributed by atoms with van der Waals surface area (Å²) in [5, 5.41) is 13.9. The number of carbonyl (C=O) groups excluding carboxylic acids is 2. The molecule has 7 nitrogen and oxygen atoms in total. The highest BCUT2D eigenvalue weighted by atomic mass is 32.2. The molecule has 0 radical (unpaired) electrons. The Hall–Kier alpha value is -4.05. The van der Waals surface area contributed by atoms with Gasteiger partial charge >= 0.3 is 0 Å². The van der Waals surface area contributed by atoms with Crippen LogP contribution in [0.3, 0.4) is 0 Å². The summed E-state index contributed by atoms with van der Waals surface area (Å²) in [6.45, 7) is 0. The van der Waals surface area contributed by atoms with Crippen LogP contribution in [0.15, 0.2) is 78.0 Å². The predicted molar refractivity (Wildman–Crippen MR) is 126 cm³/mol. The first-order valence-electron chi connectivity index (χ1n) is 10.2. The van der Waals surface area contributed by atoms with E-state index in [1.165, 1.54) is 37.4 Å². The van der Waals surface area contributed by atoms with Crippen LogP contribution in [0.2, 0.25) is 0 Å². The third kappa shape index (κ3) is 5.12. The summed E-state index contributed by atoms with van der Waals surface area (Å²) in [4.78, 5) is 24.4. The minimum atomic E-state index is -0.483. The van der Waals surface area contributed by atoms with E-state index < -0.39 is 11.6 Å². The summed E-state index contributed by atoms with van der Waals surface area (Å²) >= 11 is 1.09. The fourth-order valence-corrected chi connectivity index (χ4v) is 3.96. The molecule has 4 rings (SSSR count). The van der Waals surface area contributed by atoms with Crippen molar-refractivity contribution >= 4 is 29.3 Å². The van der Waals surface area contributed by atoms with Crippen molar-refractivity contribution in [1.29, 1.82) is 0 Å². The molecule has 0 spiro atoms. The van der Waals surface area contributed by atoms with Crippen LogP contribution < -0.4 is 10.6 Å². The molecular weight excluding hydrogens is 460 g/mol. The van der Waals surface area contributed by atoms with E-state index in [0.29, 0.717) is 22.1 Å². The highest BCUT2D eigenvalue weighted by Gasteiger charge is 2.19. The van der Waals surface area contributed by atoms with Crippen LogP contribution in [-0.2, 0) is 4.79 Å². The van der Waals surface area contributed by atoms with E-state index in [1.54, 1.807) is 47.0 Å². The molecule has 0 atom stereocenters. The summed E-state index contributed by atoms with van der Waals surface area (Å²) < 4.78 is 29.5. The molecule has 0 bridgehead atoms. The molecule has 0 fully saturated rings. The van der Waals surface area contributed by atoms with Crippen LogP contribution >= 0.6 is 11.8 Å². The van der Waals surface area contributed by atoms with Crippen molar-refractivity contribution in [3.05, 3.63) is 90.0 Å². The number of hydrogen-bond acceptors (Lipinski definition) is 5. The first-order chi connectivity index (χ1) is 16.5. The molecule has 4 aromatic rings. The van der Waals surface area contributed by atoms with Crippen molar-refractivity contribution in [1.82, 2.24) is 20.1 Å². The molecule has 10 heteroatoms. The Bertz CT molecular complexity index is 1340. The monoisotopic (exact) mass is 479 g/mol. The van der Waals surface area contributed by atoms with E-state index in [0.717, 1.165) is 11.8 Å². The highest BCUT2D eigenvalue weighted by molar-refractivity contribution is 7.99. The van der Waals surface area contributed by atoms with Crippen LogP contribution in [-0.4, -0.2) is 39.4 Å². The number of nitrogens with zero attached hydrogens (tertiary/aromatic N) is 3. The van der Waals surface area contributed by atoms with Crippen LogP contribution in [0.1, 0.15) is 10.4 Å². The number of aromatic nitrogens is 3. The Morgan fingerprint density at radius 2 is 1.74 bits per heavy atom. The molecule has 0 aliphatic heterocycles. The summed E-state index contributed by atoms with van der Waals surface area (Å²) in [7, 11) is 1.52. The van der Waals surface area contributed by atoms with Crippen molar-refractivity contribution in [3.63, 3.8) is 0 Å². The lowest BCUT2D eigenvalue weighted by atomic mass is 10.2. The van der Waals surface area contributed by atoms with Crippen molar-refractivity contribution < 1.29 is 18.4 Å². The number of halogens is 2. The molecule has 3 aromatic carbocycles. The quantitative estimate of drug-likeness (QED) is 0.386. The van der Waals surface area contributed by atoms with Crippen LogP contribution in [0.4, 0.5) is 14.5 Å². The zero-order chi connectivity index (χ0) is 24.1. The first kappa shape index (κ1) is 23.1. The Balaban J connectivity index is 1.57. The van der Waals surface area contributed by atoms with E-state index in [2.05, 4.69) is 20.8 Å². The molecule has 0 saturated carbocycles. The van der Waals surface area contributed by atoms with E-state index in [1.807, 2.05) is 0 Å². The fraction of sp³-hybridized carbons (Fsp3) is 0.0833. The van der Waals surface area contributed by atoms with Gasteiger partial charge in [-0.3, -0.25) is 14.2 Å². The number of hydrogen-bond donors (Lipinski definition) is 2. The van der Waals surface area contributed by atoms with E-state index >= 15 is 0 Å². The molecular formula is C24H19F2N5O2S. The normalized spacial score (nSPS) is 10.7. The average molecular weight is 480 g/mol. The van der Waals surface area contributed by atoms with Gasteiger partial charge in [-0.05, 0) is 54.6 Å². The van der Waals surface area contributed by atoms with Crippen LogP contribution in [0, 0.1) is 11.6 Å². The first-order valence-corrected chi connectivity index (χ1v) is 11.2. The summed E-state index contributed by atoms with van der Waals surface area (Å²) in [6.07, 6.45) is 0. The molecule has 1 heterocycles. The zero-order valence-corrected chi connectivity index (χ0v) is 18.8. The van der Waals surface area contributed by atoms with Gasteiger partial charge in [-0.25, -0.2) is 8.78 Å². The van der Waals surface area contributed by atoms with Gasteiger partial charge in [-0.1, -0.05) is 30.0 Å². The number of rotatable bonds is 7. The second-order valence-corrected chi connectivity index (χ2v) is 8.04. The maximum Gasteiger partial charge on any atom is 0.251 e. The largest absolute Gasteiger partial charge is 0.355 e. The third-order valence-electron chi connectivity index (χ3n) is 4.80. The second-order valence-electron chi connectivity index (χ2n) is 7.09. The number of anilines is 1. The molecule has 0 unspecified atom stereocenters. The number of thioether (sulfide) groups is 1. The van der Waals surface area contributed by atoms with Gasteiger partial charge in [0.25, 0.3) is 5.91 Å². The summed E-state index contributed by atoms with van der Waals surface area (Å²) in [5.41, 5.74) is 1.63. The highest BCUT2D eigenvalue weighted by Crippen LogP contribution is 2.29. The summed E-state index contributed by atoms with van der Waals surface area (Å²) in [6, 6.07) is 18.3. The lowest BCUT2D eigenvalue weighted by molar-refractivity contribution is -0.113. The number of benzene rings is 3. The Kier molecular flexibility index (Phi) is 6.98. The molecule has 2 amide bonds. The maximum absolute atomic E-state index is 14.5. The van der Waals surface area contributed by atoms with Crippen molar-refractivity contribution in [3.8, 4) is 17.1 Å². The van der Waals surface area contributed by atoms with Gasteiger partial charge in [0.2, 0.25) is 5.91 Å². The second kappa shape index (κ2) is 10.3. The zero-order valence-electron chi connectivity index (χ0n) is 18.0. The van der Waals surface area contributed by atoms with Crippen molar-refractivity contribution in [2.75, 3.05) is 18.1 Å². The van der Waals surface area contributed by atoms with E-state index in [-0.39, 0.29) is 29.0 Å². The average Bonchev–Trinajstić information content (AvgIpc) is 3.27. The lowest BCUT2D eigenvalue weighted by Crippen LogP contribution is -2.19. The van der Waals surface area contributed by atoms with Crippen molar-refractivity contribution in [2.24, 2.45) is 0 Å². The summed E-state index contributed by atoms with van der Waals surface area (Å²) in [5.74, 6) is -1.30. The lowest BCUT2D eigenvalue weighted by Gasteiger charge is -2.11. The number of amides is 2. The molecule has 34 heavy (non-hydrogen) atoms. The van der Waals surface area contributed by atoms with Gasteiger partial charge in [0.05, 0.1) is 11.3 Å². The topological polar surface area (TPSA) is 88.9 Å². The minimum absolute atomic E-state index is 0.0270. The Morgan fingerprint density at radius 1 is 0.971 bits per heavy atom. The van der Waals surface area contributed by atoms with Gasteiger partial charge in [0.15, 0.2) is 11.0 Å². The fourth-order valence-electron chi connectivity index (χ4n) is 3.21. The van der Waals surface area contributed by atoms with Gasteiger partial charge in [-0.15, -0.1) is 10.2 Å². The maximum atomic E-state index is 14.5. The minimum Gasteiger partial charge on any atom is -0.355 e. The van der Waals surface area contributed by atoms with Gasteiger partial charge < -0.3 is 10.6 Å². The van der Waals surface area contributed by atoms with Crippen molar-refractivity contribution in [2.45, 2.75) is 5.16 Å². The molecule has 0 saturated heterocycles. The molecule has 1 aromatic heterocycles. The van der Waals surface area contributed by atoms with Gasteiger partial charge in [0.1, 0.15) is 11.6 Å². The third-order valence-corrected chi connectivity index (χ3v) is 5.73. The molecule has 172 valence electrons. The van der Waals surface area contributed by atoms with Crippen LogP contribution in [0.5, 0.6) is 0 Å². The van der Waals surface area contributed by atoms with E-state index in [4.69, 9.17) is 0 Å².